The minimum Gasteiger partial charge on any atom is -0.444 e. The Hall–Kier alpha value is -1.95. The summed E-state index contributed by atoms with van der Waals surface area (Å²) >= 11 is 0. The van der Waals surface area contributed by atoms with E-state index in [0.717, 1.165) is 11.1 Å². The highest BCUT2D eigenvalue weighted by atomic mass is 32.2. The molecule has 2 rings (SSSR count). The lowest BCUT2D eigenvalue weighted by Crippen LogP contribution is -2.46. The molecule has 130 valence electrons. The largest absolute Gasteiger partial charge is 0.444 e. The number of hydrogen-bond acceptors (Lipinski definition) is 4. The second kappa shape index (κ2) is 7.30. The Bertz CT molecular complexity index is 729. The number of hydrogen-bond donors (Lipinski definition) is 1. The lowest BCUT2D eigenvalue weighted by Gasteiger charge is -2.22. The molecule has 5 nitrogen and oxygen atoms in total. The van der Waals surface area contributed by atoms with Gasteiger partial charge in [0.15, 0.2) is 0 Å². The van der Waals surface area contributed by atoms with Crippen molar-refractivity contribution in [1.29, 1.82) is 0 Å². The normalized spacial score (nSPS) is 14.2. The van der Waals surface area contributed by atoms with E-state index >= 15 is 0 Å². The zero-order valence-corrected chi connectivity index (χ0v) is 15.6. The number of oxazole rings is 1. The van der Waals surface area contributed by atoms with Crippen molar-refractivity contribution in [3.63, 3.8) is 0 Å². The molecule has 6 heteroatoms. The van der Waals surface area contributed by atoms with Crippen molar-refractivity contribution in [2.24, 2.45) is 0 Å². The Morgan fingerprint density at radius 1 is 1.29 bits per heavy atom. The summed E-state index contributed by atoms with van der Waals surface area (Å²) < 4.78 is 17.9. The first-order valence-corrected chi connectivity index (χ1v) is 9.24. The first-order chi connectivity index (χ1) is 11.2. The van der Waals surface area contributed by atoms with Gasteiger partial charge < -0.3 is 9.73 Å². The highest BCUT2D eigenvalue weighted by Gasteiger charge is 2.24. The van der Waals surface area contributed by atoms with Crippen LogP contribution in [0.15, 0.2) is 34.9 Å². The second-order valence-electron chi connectivity index (χ2n) is 6.92. The van der Waals surface area contributed by atoms with Crippen LogP contribution in [0.2, 0.25) is 0 Å². The molecule has 2 aromatic rings. The van der Waals surface area contributed by atoms with E-state index in [0.29, 0.717) is 11.6 Å². The number of nitrogens with zero attached hydrogens (tertiary/aromatic N) is 1. The molecule has 1 N–H and O–H groups in total. The van der Waals surface area contributed by atoms with Crippen LogP contribution in [0, 0.1) is 6.92 Å². The van der Waals surface area contributed by atoms with Crippen molar-refractivity contribution in [3.05, 3.63) is 41.8 Å². The molecule has 0 bridgehead atoms. The lowest BCUT2D eigenvalue weighted by atomic mass is 10.1. The number of aryl methyl sites for hydroxylation is 1. The lowest BCUT2D eigenvalue weighted by molar-refractivity contribution is -0.121. The molecular weight excluding hydrogens is 324 g/mol. The average Bonchev–Trinajstić information content (AvgIpc) is 2.93. The van der Waals surface area contributed by atoms with E-state index in [1.165, 1.54) is 6.26 Å². The van der Waals surface area contributed by atoms with Crippen molar-refractivity contribution in [3.8, 4) is 11.5 Å². The molecule has 1 amide bonds. The van der Waals surface area contributed by atoms with Crippen molar-refractivity contribution in [1.82, 2.24) is 10.3 Å². The maximum absolute atomic E-state index is 12.4. The van der Waals surface area contributed by atoms with Crippen LogP contribution >= 0.6 is 0 Å². The van der Waals surface area contributed by atoms with E-state index in [4.69, 9.17) is 4.42 Å². The maximum Gasteiger partial charge on any atom is 0.235 e. The van der Waals surface area contributed by atoms with Gasteiger partial charge in [0.05, 0.1) is 11.4 Å². The van der Waals surface area contributed by atoms with Crippen LogP contribution in [0.25, 0.3) is 11.5 Å². The Morgan fingerprint density at radius 3 is 2.50 bits per heavy atom. The molecule has 1 aromatic heterocycles. The summed E-state index contributed by atoms with van der Waals surface area (Å²) in [4.78, 5) is 16.5. The molecule has 0 fully saturated rings. The number of carbonyl (C=O) groups excluding carboxylic acids is 1. The summed E-state index contributed by atoms with van der Waals surface area (Å²) in [5.74, 6) is 0.463. The topological polar surface area (TPSA) is 72.2 Å². The van der Waals surface area contributed by atoms with Crippen LogP contribution in [0.4, 0.5) is 0 Å². The van der Waals surface area contributed by atoms with E-state index in [1.807, 2.05) is 52.0 Å². The number of aromatic nitrogens is 1. The molecule has 0 saturated carbocycles. The Labute approximate surface area is 145 Å². The monoisotopic (exact) mass is 348 g/mol. The zero-order valence-electron chi connectivity index (χ0n) is 14.8. The molecule has 1 heterocycles. The van der Waals surface area contributed by atoms with Gasteiger partial charge in [0, 0.05) is 21.9 Å². The summed E-state index contributed by atoms with van der Waals surface area (Å²) in [6.45, 7) is 9.36. The molecule has 0 spiro atoms. The van der Waals surface area contributed by atoms with E-state index < -0.39 is 16.0 Å². The third-order valence-corrected chi connectivity index (χ3v) is 4.99. The smallest absolute Gasteiger partial charge is 0.235 e. The molecule has 0 saturated heterocycles. The van der Waals surface area contributed by atoms with Crippen LogP contribution in [0.3, 0.4) is 0 Å². The molecule has 2 atom stereocenters. The maximum atomic E-state index is 12.4. The van der Waals surface area contributed by atoms with Crippen LogP contribution in [0.5, 0.6) is 0 Å². The second-order valence-corrected chi connectivity index (χ2v) is 8.67. The molecule has 0 aliphatic carbocycles. The van der Waals surface area contributed by atoms with Gasteiger partial charge in [0.2, 0.25) is 11.8 Å². The van der Waals surface area contributed by atoms with Crippen molar-refractivity contribution >= 4 is 16.7 Å². The highest BCUT2D eigenvalue weighted by molar-refractivity contribution is 7.85. The minimum atomic E-state index is -1.36. The molecule has 0 aliphatic heterocycles. The van der Waals surface area contributed by atoms with Crippen LogP contribution in [-0.2, 0) is 21.3 Å². The quantitative estimate of drug-likeness (QED) is 0.900. The van der Waals surface area contributed by atoms with Gasteiger partial charge in [-0.15, -0.1) is 0 Å². The number of benzene rings is 1. The van der Waals surface area contributed by atoms with Gasteiger partial charge in [-0.25, -0.2) is 4.98 Å². The Balaban J connectivity index is 2.02. The minimum absolute atomic E-state index is 0.189. The molecule has 0 unspecified atom stereocenters. The molecule has 0 aliphatic rings. The fourth-order valence-corrected chi connectivity index (χ4v) is 3.04. The van der Waals surface area contributed by atoms with E-state index in [1.54, 1.807) is 6.92 Å². The van der Waals surface area contributed by atoms with Crippen LogP contribution in [0.1, 0.15) is 39.0 Å². The summed E-state index contributed by atoms with van der Waals surface area (Å²) in [7, 11) is -1.36. The predicted molar refractivity (Wildman–Crippen MR) is 95.9 cm³/mol. The predicted octanol–water partition coefficient (Wildman–Crippen LogP) is 3.20. The number of carbonyl (C=O) groups is 1. The first kappa shape index (κ1) is 18.4. The average molecular weight is 348 g/mol. The third kappa shape index (κ3) is 5.03. The third-order valence-electron chi connectivity index (χ3n) is 3.40. The summed E-state index contributed by atoms with van der Waals surface area (Å²) in [6, 6.07) is 7.83. The Morgan fingerprint density at radius 2 is 1.92 bits per heavy atom. The fourth-order valence-electron chi connectivity index (χ4n) is 2.06. The SMILES string of the molecule is Cc1ccc(-c2nc(C[S@](=O)[C@H](C)C(=O)NC(C)(C)C)co2)cc1. The van der Waals surface area contributed by atoms with Crippen molar-refractivity contribution in [2.75, 3.05) is 0 Å². The summed E-state index contributed by atoms with van der Waals surface area (Å²) in [6.07, 6.45) is 1.50. The number of nitrogens with one attached hydrogen (secondary N) is 1. The van der Waals surface area contributed by atoms with Gasteiger partial charge in [-0.3, -0.25) is 9.00 Å². The van der Waals surface area contributed by atoms with Gasteiger partial charge in [-0.2, -0.15) is 0 Å². The van der Waals surface area contributed by atoms with Gasteiger partial charge in [0.1, 0.15) is 11.5 Å². The molecular formula is C18H24N2O3S. The number of rotatable bonds is 5. The molecule has 24 heavy (non-hydrogen) atoms. The standard InChI is InChI=1S/C18H24N2O3S/c1-12-6-8-14(9-7-12)17-19-15(10-23-17)11-24(22)13(2)16(21)20-18(3,4)5/h6-10,13H,11H2,1-5H3,(H,20,21)/t13-,24+/m1/s1. The van der Waals surface area contributed by atoms with Crippen LogP contribution < -0.4 is 5.32 Å². The van der Waals surface area contributed by atoms with Crippen molar-refractivity contribution < 1.29 is 13.4 Å². The van der Waals surface area contributed by atoms with E-state index in [2.05, 4.69) is 10.3 Å². The Kier molecular flexibility index (Phi) is 5.59. The van der Waals surface area contributed by atoms with Gasteiger partial charge in [-0.05, 0) is 46.8 Å². The van der Waals surface area contributed by atoms with E-state index in [-0.39, 0.29) is 17.2 Å². The number of amides is 1. The van der Waals surface area contributed by atoms with Crippen molar-refractivity contribution in [2.45, 2.75) is 51.2 Å². The van der Waals surface area contributed by atoms with E-state index in [9.17, 15) is 9.00 Å². The summed E-state index contributed by atoms with van der Waals surface area (Å²) in [5.41, 5.74) is 2.27. The first-order valence-electron chi connectivity index (χ1n) is 7.86. The molecule has 1 aromatic carbocycles. The van der Waals surface area contributed by atoms with Gasteiger partial charge >= 0.3 is 0 Å². The summed E-state index contributed by atoms with van der Waals surface area (Å²) in [5, 5.41) is 2.24. The van der Waals surface area contributed by atoms with Crippen LogP contribution in [-0.4, -0.2) is 25.9 Å². The fraction of sp³-hybridized carbons (Fsp3) is 0.444. The zero-order chi connectivity index (χ0) is 17.9. The van der Waals surface area contributed by atoms with Gasteiger partial charge in [-0.1, -0.05) is 17.7 Å². The highest BCUT2D eigenvalue weighted by Crippen LogP contribution is 2.20. The van der Waals surface area contributed by atoms with Gasteiger partial charge in [0.25, 0.3) is 0 Å². The molecule has 0 radical (unpaired) electrons.